The van der Waals surface area contributed by atoms with E-state index in [4.69, 9.17) is 11.6 Å². The Morgan fingerprint density at radius 2 is 1.53 bits per heavy atom. The Bertz CT molecular complexity index is 1090. The first-order chi connectivity index (χ1) is 15.7. The Kier molecular flexibility index (Phi) is 5.95. The van der Waals surface area contributed by atoms with Gasteiger partial charge in [0.15, 0.2) is 5.82 Å². The monoisotopic (exact) mass is 447 g/mol. The fourth-order valence-electron chi connectivity index (χ4n) is 4.49. The molecule has 0 radical (unpaired) electrons. The number of carbonyl (C=O) groups is 1. The third-order valence-corrected chi connectivity index (χ3v) is 6.47. The van der Waals surface area contributed by atoms with Gasteiger partial charge in [-0.15, -0.1) is 0 Å². The van der Waals surface area contributed by atoms with Crippen LogP contribution in [0.25, 0.3) is 11.3 Å². The van der Waals surface area contributed by atoms with Gasteiger partial charge in [0.05, 0.1) is 0 Å². The summed E-state index contributed by atoms with van der Waals surface area (Å²) in [6.45, 7) is 5.01. The number of carbonyl (C=O) groups excluding carboxylic acids is 1. The topological polar surface area (TPSA) is 52.6 Å². The number of nitrogens with zero attached hydrogens (tertiary/aromatic N) is 5. The summed E-state index contributed by atoms with van der Waals surface area (Å²) < 4.78 is 0. The Morgan fingerprint density at radius 1 is 0.812 bits per heavy atom. The molecule has 6 nitrogen and oxygen atoms in total. The number of hydrogen-bond acceptors (Lipinski definition) is 5. The molecule has 2 fully saturated rings. The zero-order chi connectivity index (χ0) is 21.9. The van der Waals surface area contributed by atoms with Gasteiger partial charge in [0, 0.05) is 73.5 Å². The second-order valence-electron chi connectivity index (χ2n) is 8.26. The Labute approximate surface area is 193 Å². The van der Waals surface area contributed by atoms with Crippen LogP contribution in [0.2, 0.25) is 5.02 Å². The number of aromatic nitrogens is 2. The average Bonchev–Trinajstić information content (AvgIpc) is 3.39. The molecule has 3 heterocycles. The maximum Gasteiger partial charge on any atom is 0.253 e. The third-order valence-electron chi connectivity index (χ3n) is 6.23. The summed E-state index contributed by atoms with van der Waals surface area (Å²) in [6, 6.07) is 15.7. The highest BCUT2D eigenvalue weighted by atomic mass is 35.5. The number of piperazine rings is 1. The zero-order valence-corrected chi connectivity index (χ0v) is 18.7. The van der Waals surface area contributed by atoms with E-state index in [2.05, 4.69) is 25.8 Å². The molecular formula is C25H26ClN5O. The van der Waals surface area contributed by atoms with Crippen molar-refractivity contribution < 1.29 is 4.79 Å². The van der Waals surface area contributed by atoms with Crippen LogP contribution in [0.5, 0.6) is 0 Å². The van der Waals surface area contributed by atoms with Crippen molar-refractivity contribution in [1.82, 2.24) is 14.9 Å². The SMILES string of the molecule is O=C(c1ccc(-c2nccnc2N2CCCC2)cc1)N1CCN(c2cccc(Cl)c2)CC1. The number of benzene rings is 2. The standard InChI is InChI=1S/C25H26ClN5O/c26-21-4-3-5-22(18-21)29-14-16-31(17-15-29)25(32)20-8-6-19(7-9-20)23-24(28-11-10-27-23)30-12-1-2-13-30/h3-11,18H,1-2,12-17H2. The van der Waals surface area contributed by atoms with Crippen LogP contribution in [0.15, 0.2) is 60.9 Å². The Balaban J connectivity index is 1.27. The molecule has 2 aromatic carbocycles. The lowest BCUT2D eigenvalue weighted by atomic mass is 10.1. The first-order valence-electron chi connectivity index (χ1n) is 11.2. The van der Waals surface area contributed by atoms with Crippen molar-refractivity contribution in [2.45, 2.75) is 12.8 Å². The van der Waals surface area contributed by atoms with Crippen molar-refractivity contribution in [2.24, 2.45) is 0 Å². The highest BCUT2D eigenvalue weighted by molar-refractivity contribution is 6.30. The molecule has 0 aliphatic carbocycles. The normalized spacial score (nSPS) is 16.5. The van der Waals surface area contributed by atoms with Crippen molar-refractivity contribution in [1.29, 1.82) is 0 Å². The lowest BCUT2D eigenvalue weighted by molar-refractivity contribution is 0.0747. The van der Waals surface area contributed by atoms with Crippen molar-refractivity contribution in [3.05, 3.63) is 71.5 Å². The predicted molar refractivity (Wildman–Crippen MR) is 128 cm³/mol. The maximum absolute atomic E-state index is 13.1. The van der Waals surface area contributed by atoms with Gasteiger partial charge in [-0.3, -0.25) is 9.78 Å². The van der Waals surface area contributed by atoms with Gasteiger partial charge in [-0.05, 0) is 43.2 Å². The minimum absolute atomic E-state index is 0.0706. The van der Waals surface area contributed by atoms with E-state index in [1.165, 1.54) is 12.8 Å². The third kappa shape index (κ3) is 4.28. The van der Waals surface area contributed by atoms with Gasteiger partial charge < -0.3 is 14.7 Å². The molecule has 2 aliphatic rings. The number of amides is 1. The highest BCUT2D eigenvalue weighted by Gasteiger charge is 2.23. The van der Waals surface area contributed by atoms with Gasteiger partial charge in [0.1, 0.15) is 5.69 Å². The fraction of sp³-hybridized carbons (Fsp3) is 0.320. The second kappa shape index (κ2) is 9.17. The van der Waals surface area contributed by atoms with E-state index < -0.39 is 0 Å². The Hall–Kier alpha value is -3.12. The molecule has 0 atom stereocenters. The van der Waals surface area contributed by atoms with E-state index in [9.17, 15) is 4.79 Å². The zero-order valence-electron chi connectivity index (χ0n) is 18.0. The molecule has 32 heavy (non-hydrogen) atoms. The number of rotatable bonds is 4. The summed E-state index contributed by atoms with van der Waals surface area (Å²) >= 11 is 6.12. The van der Waals surface area contributed by atoms with E-state index in [-0.39, 0.29) is 5.91 Å². The van der Waals surface area contributed by atoms with Crippen LogP contribution < -0.4 is 9.80 Å². The molecule has 2 saturated heterocycles. The molecule has 1 amide bonds. The van der Waals surface area contributed by atoms with Gasteiger partial charge >= 0.3 is 0 Å². The van der Waals surface area contributed by atoms with Crippen molar-refractivity contribution in [2.75, 3.05) is 49.1 Å². The highest BCUT2D eigenvalue weighted by Crippen LogP contribution is 2.29. The van der Waals surface area contributed by atoms with E-state index in [0.717, 1.165) is 54.0 Å². The van der Waals surface area contributed by atoms with Gasteiger partial charge in [-0.1, -0.05) is 29.8 Å². The largest absolute Gasteiger partial charge is 0.368 e. The molecule has 3 aromatic rings. The van der Waals surface area contributed by atoms with Crippen molar-refractivity contribution in [3.8, 4) is 11.3 Å². The van der Waals surface area contributed by atoms with Crippen LogP contribution in [0, 0.1) is 0 Å². The average molecular weight is 448 g/mol. The first kappa shape index (κ1) is 20.8. The maximum atomic E-state index is 13.1. The molecular weight excluding hydrogens is 422 g/mol. The Morgan fingerprint density at radius 3 is 2.25 bits per heavy atom. The molecule has 0 spiro atoms. The minimum Gasteiger partial charge on any atom is -0.368 e. The summed E-state index contributed by atoms with van der Waals surface area (Å²) in [5.74, 6) is 1.00. The molecule has 2 aliphatic heterocycles. The molecule has 1 aromatic heterocycles. The number of anilines is 2. The quantitative estimate of drug-likeness (QED) is 0.594. The lowest BCUT2D eigenvalue weighted by Gasteiger charge is -2.36. The molecule has 0 saturated carbocycles. The molecule has 7 heteroatoms. The summed E-state index contributed by atoms with van der Waals surface area (Å²) in [5.41, 5.74) is 3.68. The van der Waals surface area contributed by atoms with Gasteiger partial charge in [-0.25, -0.2) is 4.98 Å². The van der Waals surface area contributed by atoms with E-state index in [1.54, 1.807) is 12.4 Å². The fourth-order valence-corrected chi connectivity index (χ4v) is 4.67. The summed E-state index contributed by atoms with van der Waals surface area (Å²) in [7, 11) is 0. The van der Waals surface area contributed by atoms with Crippen LogP contribution in [-0.4, -0.2) is 60.0 Å². The van der Waals surface area contributed by atoms with Gasteiger partial charge in [0.2, 0.25) is 0 Å². The van der Waals surface area contributed by atoms with Crippen LogP contribution in [-0.2, 0) is 0 Å². The van der Waals surface area contributed by atoms with Crippen molar-refractivity contribution in [3.63, 3.8) is 0 Å². The smallest absolute Gasteiger partial charge is 0.253 e. The predicted octanol–water partition coefficient (Wildman–Crippen LogP) is 4.36. The van der Waals surface area contributed by atoms with E-state index in [1.807, 2.05) is 47.4 Å². The van der Waals surface area contributed by atoms with Crippen molar-refractivity contribution >= 4 is 29.0 Å². The molecule has 164 valence electrons. The van der Waals surface area contributed by atoms with Gasteiger partial charge in [0.25, 0.3) is 5.91 Å². The summed E-state index contributed by atoms with van der Waals surface area (Å²) in [4.78, 5) is 28.7. The molecule has 0 unspecified atom stereocenters. The van der Waals surface area contributed by atoms with E-state index in [0.29, 0.717) is 18.7 Å². The second-order valence-corrected chi connectivity index (χ2v) is 8.70. The number of halogens is 1. The van der Waals surface area contributed by atoms with Crippen LogP contribution in [0.4, 0.5) is 11.5 Å². The summed E-state index contributed by atoms with van der Waals surface area (Å²) in [6.07, 6.45) is 5.85. The lowest BCUT2D eigenvalue weighted by Crippen LogP contribution is -2.48. The molecule has 0 N–H and O–H groups in total. The molecule has 5 rings (SSSR count). The van der Waals surface area contributed by atoms with Crippen LogP contribution >= 0.6 is 11.6 Å². The van der Waals surface area contributed by atoms with Gasteiger partial charge in [-0.2, -0.15) is 0 Å². The van der Waals surface area contributed by atoms with Crippen LogP contribution in [0.3, 0.4) is 0 Å². The summed E-state index contributed by atoms with van der Waals surface area (Å²) in [5, 5.41) is 0.733. The van der Waals surface area contributed by atoms with E-state index >= 15 is 0 Å². The minimum atomic E-state index is 0.0706. The van der Waals surface area contributed by atoms with Crippen LogP contribution in [0.1, 0.15) is 23.2 Å². The molecule has 0 bridgehead atoms. The number of hydrogen-bond donors (Lipinski definition) is 0. The first-order valence-corrected chi connectivity index (χ1v) is 11.5.